The zero-order valence-electron chi connectivity index (χ0n) is 11.2. The van der Waals surface area contributed by atoms with Crippen LogP contribution in [0.25, 0.3) is 0 Å². The summed E-state index contributed by atoms with van der Waals surface area (Å²) in [6.45, 7) is 4.72. The topological polar surface area (TPSA) is 72.9 Å². The summed E-state index contributed by atoms with van der Waals surface area (Å²) >= 11 is 0. The fourth-order valence-electron chi connectivity index (χ4n) is 1.53. The minimum Gasteiger partial charge on any atom is -0.427 e. The fraction of sp³-hybridized carbons (Fsp3) is 0.750. The van der Waals surface area contributed by atoms with E-state index >= 15 is 0 Å². The zero-order valence-corrected chi connectivity index (χ0v) is 11.2. The first-order valence-electron chi connectivity index (χ1n) is 5.83. The van der Waals surface area contributed by atoms with E-state index in [-0.39, 0.29) is 5.91 Å². The highest BCUT2D eigenvalue weighted by molar-refractivity contribution is 5.88. The monoisotopic (exact) mass is 257 g/mol. The largest absolute Gasteiger partial charge is 0.427 e. The summed E-state index contributed by atoms with van der Waals surface area (Å²) in [6.07, 6.45) is 0.791. The maximum atomic E-state index is 11.6. The molecule has 1 saturated heterocycles. The van der Waals surface area contributed by atoms with Crippen LogP contribution in [0.3, 0.4) is 0 Å². The molecular formula is C12H19NO5. The maximum Gasteiger partial charge on any atom is 0.331 e. The Hall–Kier alpha value is -1.59. The van der Waals surface area contributed by atoms with Crippen LogP contribution >= 0.6 is 0 Å². The Bertz CT molecular complexity index is 358. The lowest BCUT2D eigenvalue weighted by Crippen LogP contribution is -2.37. The number of carbonyl (C=O) groups excluding carboxylic acids is 3. The summed E-state index contributed by atoms with van der Waals surface area (Å²) in [5.74, 6) is -1.06. The van der Waals surface area contributed by atoms with Crippen LogP contribution < -0.4 is 0 Å². The number of nitrogens with zero attached hydrogens (tertiary/aromatic N) is 1. The van der Waals surface area contributed by atoms with E-state index in [1.54, 1.807) is 27.8 Å². The first-order valence-corrected chi connectivity index (χ1v) is 5.83. The van der Waals surface area contributed by atoms with Crippen LogP contribution in [-0.2, 0) is 23.9 Å². The standard InChI is InChI=1S/C12H19NO5/c1-12(2,3)11(16)18-7-17-10(15)8-5-6-9(14)13(8)4/h8H,5-7H2,1-4H3/t8-/m0/s1. The Morgan fingerprint density at radius 1 is 1.33 bits per heavy atom. The van der Waals surface area contributed by atoms with Crippen molar-refractivity contribution >= 4 is 17.8 Å². The van der Waals surface area contributed by atoms with Crippen molar-refractivity contribution in [1.29, 1.82) is 0 Å². The quantitative estimate of drug-likeness (QED) is 0.549. The summed E-state index contributed by atoms with van der Waals surface area (Å²) in [7, 11) is 1.56. The van der Waals surface area contributed by atoms with Gasteiger partial charge in [0.25, 0.3) is 0 Å². The average molecular weight is 257 g/mol. The first kappa shape index (κ1) is 14.5. The molecule has 0 radical (unpaired) electrons. The predicted octanol–water partition coefficient (Wildman–Crippen LogP) is 0.697. The Balaban J connectivity index is 2.35. The molecule has 0 aliphatic carbocycles. The van der Waals surface area contributed by atoms with E-state index in [0.717, 1.165) is 0 Å². The van der Waals surface area contributed by atoms with Crippen LogP contribution in [0.4, 0.5) is 0 Å². The van der Waals surface area contributed by atoms with Gasteiger partial charge in [-0.25, -0.2) is 4.79 Å². The third kappa shape index (κ3) is 3.45. The zero-order chi connectivity index (χ0) is 13.9. The van der Waals surface area contributed by atoms with Gasteiger partial charge in [0.1, 0.15) is 6.04 Å². The molecule has 6 nitrogen and oxygen atoms in total. The number of likely N-dealkylation sites (tertiary alicyclic amines) is 1. The molecule has 0 saturated carbocycles. The van der Waals surface area contributed by atoms with Crippen molar-refractivity contribution in [3.05, 3.63) is 0 Å². The van der Waals surface area contributed by atoms with Crippen LogP contribution in [0.1, 0.15) is 33.6 Å². The fourth-order valence-corrected chi connectivity index (χ4v) is 1.53. The van der Waals surface area contributed by atoms with E-state index in [4.69, 9.17) is 9.47 Å². The summed E-state index contributed by atoms with van der Waals surface area (Å²) < 4.78 is 9.65. The lowest BCUT2D eigenvalue weighted by atomic mass is 9.98. The number of hydrogen-bond acceptors (Lipinski definition) is 5. The predicted molar refractivity (Wildman–Crippen MR) is 62.3 cm³/mol. The van der Waals surface area contributed by atoms with E-state index in [9.17, 15) is 14.4 Å². The number of rotatable bonds is 3. The van der Waals surface area contributed by atoms with Crippen molar-refractivity contribution in [2.24, 2.45) is 5.41 Å². The van der Waals surface area contributed by atoms with E-state index in [2.05, 4.69) is 0 Å². The summed E-state index contributed by atoms with van der Waals surface area (Å²) in [6, 6.07) is -0.564. The molecule has 6 heteroatoms. The molecular weight excluding hydrogens is 238 g/mol. The Kier molecular flexibility index (Phi) is 4.32. The Morgan fingerprint density at radius 3 is 2.39 bits per heavy atom. The van der Waals surface area contributed by atoms with Gasteiger partial charge >= 0.3 is 11.9 Å². The molecule has 0 unspecified atom stereocenters. The van der Waals surface area contributed by atoms with Gasteiger partial charge in [-0.1, -0.05) is 0 Å². The molecule has 18 heavy (non-hydrogen) atoms. The third-order valence-corrected chi connectivity index (χ3v) is 2.77. The van der Waals surface area contributed by atoms with Gasteiger partial charge in [-0.15, -0.1) is 0 Å². The van der Waals surface area contributed by atoms with Crippen molar-refractivity contribution < 1.29 is 23.9 Å². The summed E-state index contributed by atoms with van der Waals surface area (Å²) in [5, 5.41) is 0. The van der Waals surface area contributed by atoms with Crippen LogP contribution in [-0.4, -0.2) is 42.6 Å². The minimum absolute atomic E-state index is 0.0800. The van der Waals surface area contributed by atoms with Crippen molar-refractivity contribution in [3.63, 3.8) is 0 Å². The molecule has 1 amide bonds. The van der Waals surface area contributed by atoms with E-state index < -0.39 is 30.2 Å². The molecule has 1 fully saturated rings. The average Bonchev–Trinajstić information content (AvgIpc) is 2.58. The number of carbonyl (C=O) groups is 3. The van der Waals surface area contributed by atoms with Crippen molar-refractivity contribution in [3.8, 4) is 0 Å². The SMILES string of the molecule is CN1C(=O)CC[C@H]1C(=O)OCOC(=O)C(C)(C)C. The molecule has 0 bridgehead atoms. The van der Waals surface area contributed by atoms with Gasteiger partial charge in [0.05, 0.1) is 5.41 Å². The molecule has 0 spiro atoms. The van der Waals surface area contributed by atoms with Crippen LogP contribution in [0.15, 0.2) is 0 Å². The van der Waals surface area contributed by atoms with Gasteiger partial charge in [0.2, 0.25) is 12.7 Å². The molecule has 1 aliphatic rings. The molecule has 1 rings (SSSR count). The first-order chi connectivity index (χ1) is 8.23. The number of amides is 1. The summed E-state index contributed by atoms with van der Waals surface area (Å²) in [4.78, 5) is 35.6. The van der Waals surface area contributed by atoms with Crippen molar-refractivity contribution in [2.75, 3.05) is 13.8 Å². The normalized spacial score (nSPS) is 19.9. The van der Waals surface area contributed by atoms with Gasteiger partial charge in [0.15, 0.2) is 0 Å². The lowest BCUT2D eigenvalue weighted by molar-refractivity contribution is -0.175. The molecule has 0 aromatic heterocycles. The molecule has 1 aliphatic heterocycles. The molecule has 0 N–H and O–H groups in total. The van der Waals surface area contributed by atoms with Gasteiger partial charge < -0.3 is 14.4 Å². The van der Waals surface area contributed by atoms with Gasteiger partial charge in [0, 0.05) is 13.5 Å². The van der Waals surface area contributed by atoms with Crippen molar-refractivity contribution in [2.45, 2.75) is 39.7 Å². The van der Waals surface area contributed by atoms with Crippen LogP contribution in [0, 0.1) is 5.41 Å². The highest BCUT2D eigenvalue weighted by atomic mass is 16.7. The van der Waals surface area contributed by atoms with Gasteiger partial charge in [-0.05, 0) is 27.2 Å². The number of hydrogen-bond donors (Lipinski definition) is 0. The number of likely N-dealkylation sites (N-methyl/N-ethyl adjacent to an activating group) is 1. The third-order valence-electron chi connectivity index (χ3n) is 2.77. The number of ether oxygens (including phenoxy) is 2. The van der Waals surface area contributed by atoms with E-state index in [1.807, 2.05) is 0 Å². The maximum absolute atomic E-state index is 11.6. The molecule has 1 atom stereocenters. The van der Waals surface area contributed by atoms with E-state index in [0.29, 0.717) is 12.8 Å². The van der Waals surface area contributed by atoms with E-state index in [1.165, 1.54) is 4.90 Å². The Morgan fingerprint density at radius 2 is 1.94 bits per heavy atom. The highest BCUT2D eigenvalue weighted by Crippen LogP contribution is 2.18. The number of esters is 2. The molecule has 0 aromatic rings. The second kappa shape index (κ2) is 5.37. The summed E-state index contributed by atoms with van der Waals surface area (Å²) in [5.41, 5.74) is -0.632. The minimum atomic E-state index is -0.632. The smallest absolute Gasteiger partial charge is 0.331 e. The Labute approximate surface area is 106 Å². The van der Waals surface area contributed by atoms with Crippen LogP contribution in [0.2, 0.25) is 0 Å². The van der Waals surface area contributed by atoms with Crippen LogP contribution in [0.5, 0.6) is 0 Å². The van der Waals surface area contributed by atoms with Crippen molar-refractivity contribution in [1.82, 2.24) is 4.90 Å². The highest BCUT2D eigenvalue weighted by Gasteiger charge is 2.34. The second-order valence-corrected chi connectivity index (χ2v) is 5.32. The van der Waals surface area contributed by atoms with Gasteiger partial charge in [-0.2, -0.15) is 0 Å². The molecule has 0 aromatic carbocycles. The molecule has 1 heterocycles. The second-order valence-electron chi connectivity index (χ2n) is 5.32. The van der Waals surface area contributed by atoms with Gasteiger partial charge in [-0.3, -0.25) is 9.59 Å². The lowest BCUT2D eigenvalue weighted by Gasteiger charge is -2.19. The molecule has 102 valence electrons.